The van der Waals surface area contributed by atoms with Crippen LogP contribution in [0.4, 0.5) is 0 Å². The maximum Gasteiger partial charge on any atom is 0.343 e. The van der Waals surface area contributed by atoms with Crippen molar-refractivity contribution in [2.45, 2.75) is 26.2 Å². The van der Waals surface area contributed by atoms with Crippen molar-refractivity contribution in [1.29, 1.82) is 0 Å². The molecule has 3 aromatic carbocycles. The minimum absolute atomic E-state index is 0.00238. The van der Waals surface area contributed by atoms with E-state index in [1.54, 1.807) is 43.5 Å². The molecule has 4 rings (SSSR count). The molecule has 0 spiro atoms. The second kappa shape index (κ2) is 8.35. The van der Waals surface area contributed by atoms with Gasteiger partial charge in [-0.05, 0) is 59.0 Å². The number of hydrogen-bond donors (Lipinski definition) is 0. The number of benzene rings is 3. The van der Waals surface area contributed by atoms with E-state index in [0.717, 1.165) is 11.1 Å². The fourth-order valence-electron chi connectivity index (χ4n) is 3.39. The van der Waals surface area contributed by atoms with Crippen LogP contribution in [-0.4, -0.2) is 18.9 Å². The lowest BCUT2D eigenvalue weighted by atomic mass is 9.87. The van der Waals surface area contributed by atoms with E-state index in [4.69, 9.17) is 14.2 Å². The number of rotatable bonds is 4. The minimum Gasteiger partial charge on any atom is -0.497 e. The van der Waals surface area contributed by atoms with Gasteiger partial charge in [0.1, 0.15) is 17.2 Å². The SMILES string of the molecule is COc1cccc(/C=C2\Oc3cc(OC(=O)c4ccc(C(C)(C)C)cc4)ccc3C2=O)c1. The Kier molecular flexibility index (Phi) is 5.57. The standard InChI is InChI=1S/C27H24O5/c1-27(2,3)19-10-8-18(9-11-19)26(29)31-21-12-13-22-23(16-21)32-24(25(22)28)15-17-6-5-7-20(14-17)30-4/h5-16H,1-4H3/b24-15-. The van der Waals surface area contributed by atoms with E-state index in [1.807, 2.05) is 36.4 Å². The highest BCUT2D eigenvalue weighted by molar-refractivity contribution is 6.14. The number of Topliss-reactive ketones (excluding diaryl/α,β-unsaturated/α-hetero) is 1. The minimum atomic E-state index is -0.470. The average molecular weight is 428 g/mol. The summed E-state index contributed by atoms with van der Waals surface area (Å²) in [6.45, 7) is 6.34. The van der Waals surface area contributed by atoms with Gasteiger partial charge in [-0.25, -0.2) is 4.79 Å². The molecule has 0 saturated carbocycles. The van der Waals surface area contributed by atoms with Gasteiger partial charge in [-0.2, -0.15) is 0 Å². The number of allylic oxidation sites excluding steroid dienone is 1. The number of methoxy groups -OCH3 is 1. The fraction of sp³-hybridized carbons (Fsp3) is 0.185. The molecule has 0 radical (unpaired) electrons. The lowest BCUT2D eigenvalue weighted by Crippen LogP contribution is -2.12. The van der Waals surface area contributed by atoms with Crippen molar-refractivity contribution in [3.05, 3.63) is 94.7 Å². The third-order valence-electron chi connectivity index (χ3n) is 5.23. The Morgan fingerprint density at radius 2 is 1.69 bits per heavy atom. The van der Waals surface area contributed by atoms with E-state index >= 15 is 0 Å². The van der Waals surface area contributed by atoms with E-state index in [-0.39, 0.29) is 17.0 Å². The van der Waals surface area contributed by atoms with Gasteiger partial charge in [-0.15, -0.1) is 0 Å². The molecule has 0 N–H and O–H groups in total. The van der Waals surface area contributed by atoms with Gasteiger partial charge in [0.15, 0.2) is 5.76 Å². The van der Waals surface area contributed by atoms with Crippen molar-refractivity contribution < 1.29 is 23.8 Å². The van der Waals surface area contributed by atoms with E-state index in [0.29, 0.717) is 28.4 Å². The van der Waals surface area contributed by atoms with Crippen molar-refractivity contribution in [1.82, 2.24) is 0 Å². The van der Waals surface area contributed by atoms with Crippen molar-refractivity contribution in [3.63, 3.8) is 0 Å². The first-order valence-electron chi connectivity index (χ1n) is 10.3. The van der Waals surface area contributed by atoms with Gasteiger partial charge in [-0.1, -0.05) is 45.0 Å². The Hall–Kier alpha value is -3.86. The Bertz CT molecular complexity index is 1210. The number of hydrogen-bond acceptors (Lipinski definition) is 5. The molecule has 0 aliphatic carbocycles. The van der Waals surface area contributed by atoms with Crippen LogP contribution < -0.4 is 14.2 Å². The predicted octanol–water partition coefficient (Wildman–Crippen LogP) is 5.83. The van der Waals surface area contributed by atoms with E-state index in [2.05, 4.69) is 20.8 Å². The van der Waals surface area contributed by atoms with Gasteiger partial charge >= 0.3 is 5.97 Å². The lowest BCUT2D eigenvalue weighted by Gasteiger charge is -2.18. The second-order valence-corrected chi connectivity index (χ2v) is 8.59. The predicted molar refractivity (Wildman–Crippen MR) is 122 cm³/mol. The quantitative estimate of drug-likeness (QED) is 0.297. The van der Waals surface area contributed by atoms with Crippen LogP contribution >= 0.6 is 0 Å². The van der Waals surface area contributed by atoms with Crippen LogP contribution in [0, 0.1) is 0 Å². The Morgan fingerprint density at radius 1 is 0.938 bits per heavy atom. The first-order valence-corrected chi connectivity index (χ1v) is 10.3. The van der Waals surface area contributed by atoms with Gasteiger partial charge in [0.25, 0.3) is 0 Å². The van der Waals surface area contributed by atoms with Crippen LogP contribution in [0.1, 0.15) is 52.6 Å². The molecule has 32 heavy (non-hydrogen) atoms. The number of ether oxygens (including phenoxy) is 3. The molecule has 0 aromatic heterocycles. The number of ketones is 1. The van der Waals surface area contributed by atoms with E-state index < -0.39 is 5.97 Å². The van der Waals surface area contributed by atoms with Crippen molar-refractivity contribution in [3.8, 4) is 17.2 Å². The van der Waals surface area contributed by atoms with Gasteiger partial charge in [0.05, 0.1) is 18.2 Å². The molecular formula is C27H24O5. The zero-order valence-corrected chi connectivity index (χ0v) is 18.5. The zero-order chi connectivity index (χ0) is 22.9. The maximum absolute atomic E-state index is 12.7. The lowest BCUT2D eigenvalue weighted by molar-refractivity contribution is 0.0734. The highest BCUT2D eigenvalue weighted by Gasteiger charge is 2.28. The smallest absolute Gasteiger partial charge is 0.343 e. The normalized spacial score (nSPS) is 14.1. The van der Waals surface area contributed by atoms with Crippen LogP contribution in [0.15, 0.2) is 72.5 Å². The first kappa shape index (κ1) is 21.4. The largest absolute Gasteiger partial charge is 0.497 e. The van der Waals surface area contributed by atoms with Gasteiger partial charge in [-0.3, -0.25) is 4.79 Å². The highest BCUT2D eigenvalue weighted by atomic mass is 16.5. The molecule has 3 aromatic rings. The van der Waals surface area contributed by atoms with E-state index in [9.17, 15) is 9.59 Å². The monoisotopic (exact) mass is 428 g/mol. The molecule has 0 atom stereocenters. The van der Waals surface area contributed by atoms with Crippen LogP contribution in [0.5, 0.6) is 17.2 Å². The summed E-state index contributed by atoms with van der Waals surface area (Å²) in [7, 11) is 1.58. The number of fused-ring (bicyclic) bond motifs is 1. The number of carbonyl (C=O) groups excluding carboxylic acids is 2. The summed E-state index contributed by atoms with van der Waals surface area (Å²) in [5, 5.41) is 0. The van der Waals surface area contributed by atoms with Crippen LogP contribution in [0.3, 0.4) is 0 Å². The molecule has 0 bridgehead atoms. The molecule has 1 heterocycles. The van der Waals surface area contributed by atoms with Crippen molar-refractivity contribution in [2.24, 2.45) is 0 Å². The molecule has 5 heteroatoms. The van der Waals surface area contributed by atoms with Crippen molar-refractivity contribution in [2.75, 3.05) is 7.11 Å². The summed E-state index contributed by atoms with van der Waals surface area (Å²) < 4.78 is 16.5. The molecule has 1 aliphatic rings. The first-order chi connectivity index (χ1) is 15.2. The number of esters is 1. The molecule has 0 saturated heterocycles. The Morgan fingerprint density at radius 3 is 2.38 bits per heavy atom. The summed E-state index contributed by atoms with van der Waals surface area (Å²) in [5.41, 5.74) is 2.80. The third-order valence-corrected chi connectivity index (χ3v) is 5.23. The molecule has 1 aliphatic heterocycles. The second-order valence-electron chi connectivity index (χ2n) is 8.59. The zero-order valence-electron chi connectivity index (χ0n) is 18.5. The molecular weight excluding hydrogens is 404 g/mol. The van der Waals surface area contributed by atoms with Crippen LogP contribution in [0.2, 0.25) is 0 Å². The highest BCUT2D eigenvalue weighted by Crippen LogP contribution is 2.35. The third kappa shape index (κ3) is 4.42. The van der Waals surface area contributed by atoms with Gasteiger partial charge < -0.3 is 14.2 Å². The summed E-state index contributed by atoms with van der Waals surface area (Å²) >= 11 is 0. The van der Waals surface area contributed by atoms with Crippen molar-refractivity contribution >= 4 is 17.8 Å². The maximum atomic E-state index is 12.7. The molecule has 5 nitrogen and oxygen atoms in total. The topological polar surface area (TPSA) is 61.8 Å². The molecule has 0 fully saturated rings. The van der Waals surface area contributed by atoms with E-state index in [1.165, 1.54) is 0 Å². The number of carbonyl (C=O) groups is 2. The summed E-state index contributed by atoms with van der Waals surface area (Å²) in [5.74, 6) is 0.864. The summed E-state index contributed by atoms with van der Waals surface area (Å²) in [4.78, 5) is 25.2. The fourth-order valence-corrected chi connectivity index (χ4v) is 3.39. The Balaban J connectivity index is 1.51. The summed E-state index contributed by atoms with van der Waals surface area (Å²) in [6.07, 6.45) is 1.66. The molecule has 0 unspecified atom stereocenters. The Labute approximate surface area is 187 Å². The van der Waals surface area contributed by atoms with Crippen LogP contribution in [-0.2, 0) is 5.41 Å². The van der Waals surface area contributed by atoms with Crippen LogP contribution in [0.25, 0.3) is 6.08 Å². The van der Waals surface area contributed by atoms with Gasteiger partial charge in [0.2, 0.25) is 5.78 Å². The summed E-state index contributed by atoms with van der Waals surface area (Å²) in [6, 6.07) is 19.4. The average Bonchev–Trinajstić information content (AvgIpc) is 3.08. The van der Waals surface area contributed by atoms with Gasteiger partial charge in [0, 0.05) is 6.07 Å². The molecule has 162 valence electrons. The molecule has 0 amide bonds.